The molecule has 0 unspecified atom stereocenters. The summed E-state index contributed by atoms with van der Waals surface area (Å²) < 4.78 is 5.58. The average Bonchev–Trinajstić information content (AvgIpc) is 2.41. The molecule has 4 nitrogen and oxygen atoms in total. The molecule has 2 rings (SSSR count). The van der Waals surface area contributed by atoms with Crippen molar-refractivity contribution in [1.29, 1.82) is 0 Å². The summed E-state index contributed by atoms with van der Waals surface area (Å²) in [6, 6.07) is 8.17. The lowest BCUT2D eigenvalue weighted by molar-refractivity contribution is -0.131. The minimum absolute atomic E-state index is 0.259. The Morgan fingerprint density at radius 1 is 1.30 bits per heavy atom. The fourth-order valence-electron chi connectivity index (χ4n) is 1.44. The van der Waals surface area contributed by atoms with E-state index in [0.717, 1.165) is 6.08 Å². The fourth-order valence-corrected chi connectivity index (χ4v) is 1.89. The number of carbonyl (C=O) groups is 1. The molecular formula is C14H9Cl2NO3. The highest BCUT2D eigenvalue weighted by Crippen LogP contribution is 2.32. The zero-order valence-corrected chi connectivity index (χ0v) is 11.6. The molecule has 6 heteroatoms. The third-order valence-corrected chi connectivity index (χ3v) is 2.84. The van der Waals surface area contributed by atoms with E-state index in [0.29, 0.717) is 21.4 Å². The van der Waals surface area contributed by atoms with Crippen molar-refractivity contribution in [3.05, 3.63) is 58.2 Å². The van der Waals surface area contributed by atoms with E-state index in [1.807, 2.05) is 0 Å². The normalized spacial score (nSPS) is 10.7. The molecule has 0 saturated carbocycles. The molecule has 20 heavy (non-hydrogen) atoms. The average molecular weight is 310 g/mol. The van der Waals surface area contributed by atoms with Gasteiger partial charge in [0.05, 0.1) is 5.02 Å². The number of halogens is 2. The van der Waals surface area contributed by atoms with Gasteiger partial charge in [-0.05, 0) is 36.4 Å². The molecule has 0 aliphatic heterocycles. The molecule has 2 aromatic rings. The summed E-state index contributed by atoms with van der Waals surface area (Å²) in [5.41, 5.74) is 0.529. The van der Waals surface area contributed by atoms with E-state index in [9.17, 15) is 4.79 Å². The number of rotatable bonds is 4. The molecule has 102 valence electrons. The van der Waals surface area contributed by atoms with Crippen LogP contribution in [0.2, 0.25) is 10.0 Å². The summed E-state index contributed by atoms with van der Waals surface area (Å²) in [5.74, 6) is -0.404. The van der Waals surface area contributed by atoms with Crippen molar-refractivity contribution in [2.45, 2.75) is 0 Å². The van der Waals surface area contributed by atoms with Crippen molar-refractivity contribution >= 4 is 35.2 Å². The Kier molecular flexibility index (Phi) is 4.61. The Morgan fingerprint density at radius 2 is 2.10 bits per heavy atom. The van der Waals surface area contributed by atoms with E-state index in [1.54, 1.807) is 30.3 Å². The zero-order chi connectivity index (χ0) is 14.5. The van der Waals surface area contributed by atoms with E-state index in [-0.39, 0.29) is 5.88 Å². The molecule has 0 aliphatic rings. The van der Waals surface area contributed by atoms with Gasteiger partial charge in [-0.25, -0.2) is 9.78 Å². The Labute approximate surface area is 125 Å². The van der Waals surface area contributed by atoms with Gasteiger partial charge in [-0.3, -0.25) is 0 Å². The SMILES string of the molecule is O=C(O)/C=C/c1cccnc1Oc1ccc(Cl)cc1Cl. The van der Waals surface area contributed by atoms with E-state index >= 15 is 0 Å². The van der Waals surface area contributed by atoms with Gasteiger partial charge >= 0.3 is 5.97 Å². The van der Waals surface area contributed by atoms with Crippen molar-refractivity contribution in [3.8, 4) is 11.6 Å². The highest BCUT2D eigenvalue weighted by molar-refractivity contribution is 6.35. The molecule has 0 aliphatic carbocycles. The van der Waals surface area contributed by atoms with Gasteiger partial charge in [0.2, 0.25) is 5.88 Å². The maximum absolute atomic E-state index is 10.6. The molecule has 1 aromatic carbocycles. The molecule has 0 amide bonds. The van der Waals surface area contributed by atoms with Crippen molar-refractivity contribution < 1.29 is 14.6 Å². The highest BCUT2D eigenvalue weighted by Gasteiger charge is 2.08. The Bertz CT molecular complexity index is 671. The lowest BCUT2D eigenvalue weighted by Crippen LogP contribution is -1.92. The summed E-state index contributed by atoms with van der Waals surface area (Å²) in [6.45, 7) is 0. The molecule has 1 N–H and O–H groups in total. The van der Waals surface area contributed by atoms with Crippen LogP contribution in [-0.4, -0.2) is 16.1 Å². The van der Waals surface area contributed by atoms with Crippen LogP contribution in [0.3, 0.4) is 0 Å². The molecular weight excluding hydrogens is 301 g/mol. The van der Waals surface area contributed by atoms with E-state index < -0.39 is 5.97 Å². The minimum Gasteiger partial charge on any atom is -0.478 e. The first kappa shape index (κ1) is 14.4. The van der Waals surface area contributed by atoms with Gasteiger partial charge in [0.1, 0.15) is 5.75 Å². The van der Waals surface area contributed by atoms with Crippen LogP contribution in [-0.2, 0) is 4.79 Å². The number of hydrogen-bond donors (Lipinski definition) is 1. The van der Waals surface area contributed by atoms with Gasteiger partial charge in [0, 0.05) is 22.9 Å². The summed E-state index contributed by atoms with van der Waals surface area (Å²) in [6.07, 6.45) is 3.94. The van der Waals surface area contributed by atoms with Crippen LogP contribution in [0.25, 0.3) is 6.08 Å². The van der Waals surface area contributed by atoms with E-state index in [2.05, 4.69) is 4.98 Å². The first-order valence-corrected chi connectivity index (χ1v) is 6.31. The van der Waals surface area contributed by atoms with Crippen LogP contribution in [0.5, 0.6) is 11.6 Å². The zero-order valence-electron chi connectivity index (χ0n) is 10.1. The number of hydrogen-bond acceptors (Lipinski definition) is 3. The number of pyridine rings is 1. The Morgan fingerprint density at radius 3 is 2.80 bits per heavy atom. The second-order valence-corrected chi connectivity index (χ2v) is 4.59. The molecule has 0 radical (unpaired) electrons. The summed E-state index contributed by atoms with van der Waals surface area (Å²) in [4.78, 5) is 14.6. The van der Waals surface area contributed by atoms with E-state index in [4.69, 9.17) is 33.0 Å². The van der Waals surface area contributed by atoms with Crippen molar-refractivity contribution in [2.75, 3.05) is 0 Å². The van der Waals surface area contributed by atoms with Crippen LogP contribution in [0.15, 0.2) is 42.6 Å². The van der Waals surface area contributed by atoms with Gasteiger partial charge in [0.15, 0.2) is 0 Å². The van der Waals surface area contributed by atoms with Crippen LogP contribution < -0.4 is 4.74 Å². The number of carboxylic acid groups (broad SMARTS) is 1. The van der Waals surface area contributed by atoms with Crippen molar-refractivity contribution in [1.82, 2.24) is 4.98 Å². The standard InChI is InChI=1S/C14H9Cl2NO3/c15-10-4-5-12(11(16)8-10)20-14-9(2-1-7-17-14)3-6-13(18)19/h1-8H,(H,18,19)/b6-3+. The quantitative estimate of drug-likeness (QED) is 0.856. The molecule has 0 spiro atoms. The predicted octanol–water partition coefficient (Wildman–Crippen LogP) is 4.28. The third-order valence-electron chi connectivity index (χ3n) is 2.31. The first-order chi connectivity index (χ1) is 9.56. The second-order valence-electron chi connectivity index (χ2n) is 3.75. The number of nitrogens with zero attached hydrogens (tertiary/aromatic N) is 1. The van der Waals surface area contributed by atoms with Gasteiger partial charge in [-0.15, -0.1) is 0 Å². The number of benzene rings is 1. The molecule has 0 bridgehead atoms. The maximum atomic E-state index is 10.6. The van der Waals surface area contributed by atoms with Crippen LogP contribution in [0, 0.1) is 0 Å². The Hall–Kier alpha value is -2.04. The van der Waals surface area contributed by atoms with Crippen molar-refractivity contribution in [3.63, 3.8) is 0 Å². The monoisotopic (exact) mass is 309 g/mol. The molecule has 0 fully saturated rings. The predicted molar refractivity (Wildman–Crippen MR) is 77.4 cm³/mol. The minimum atomic E-state index is -1.05. The van der Waals surface area contributed by atoms with Crippen LogP contribution in [0.4, 0.5) is 0 Å². The summed E-state index contributed by atoms with van der Waals surface area (Å²) in [5, 5.41) is 9.48. The summed E-state index contributed by atoms with van der Waals surface area (Å²) in [7, 11) is 0. The lowest BCUT2D eigenvalue weighted by atomic mass is 10.2. The van der Waals surface area contributed by atoms with Gasteiger partial charge in [-0.1, -0.05) is 23.2 Å². The molecule has 0 saturated heterocycles. The number of carboxylic acids is 1. The van der Waals surface area contributed by atoms with Gasteiger partial charge < -0.3 is 9.84 Å². The highest BCUT2D eigenvalue weighted by atomic mass is 35.5. The first-order valence-electron chi connectivity index (χ1n) is 5.55. The topological polar surface area (TPSA) is 59.4 Å². The van der Waals surface area contributed by atoms with Gasteiger partial charge in [0.25, 0.3) is 0 Å². The number of aliphatic carboxylic acids is 1. The van der Waals surface area contributed by atoms with Crippen LogP contribution >= 0.6 is 23.2 Å². The summed E-state index contributed by atoms with van der Waals surface area (Å²) >= 11 is 11.8. The third kappa shape index (κ3) is 3.73. The fraction of sp³-hybridized carbons (Fsp3) is 0. The largest absolute Gasteiger partial charge is 0.478 e. The van der Waals surface area contributed by atoms with Gasteiger partial charge in [-0.2, -0.15) is 0 Å². The Balaban J connectivity index is 2.31. The lowest BCUT2D eigenvalue weighted by Gasteiger charge is -2.08. The molecule has 1 aromatic heterocycles. The molecule has 0 atom stereocenters. The number of aromatic nitrogens is 1. The molecule has 1 heterocycles. The van der Waals surface area contributed by atoms with Crippen LogP contribution in [0.1, 0.15) is 5.56 Å². The van der Waals surface area contributed by atoms with E-state index in [1.165, 1.54) is 12.3 Å². The smallest absolute Gasteiger partial charge is 0.328 e. The maximum Gasteiger partial charge on any atom is 0.328 e. The second kappa shape index (κ2) is 6.41. The number of ether oxygens (including phenoxy) is 1. The van der Waals surface area contributed by atoms with Crippen molar-refractivity contribution in [2.24, 2.45) is 0 Å².